The molecule has 1 amide bonds. The molecule has 0 saturated heterocycles. The number of aromatic nitrogens is 2. The Morgan fingerprint density at radius 1 is 1.34 bits per heavy atom. The Balaban J connectivity index is 1.76. The SMILES string of the molecule is C=CCn1c(SCC(=O)Nc2ccc(N(C)C)cc2)nc2sc(CC)cc2c1=O. The number of carbonyl (C=O) groups excluding carboxylic acids is 1. The number of thiophene rings is 1. The quantitative estimate of drug-likeness (QED) is 0.334. The summed E-state index contributed by atoms with van der Waals surface area (Å²) in [5.41, 5.74) is 1.71. The second kappa shape index (κ2) is 9.28. The maximum atomic E-state index is 12.9. The third kappa shape index (κ3) is 4.89. The van der Waals surface area contributed by atoms with Crippen molar-refractivity contribution in [2.75, 3.05) is 30.1 Å². The van der Waals surface area contributed by atoms with Crippen molar-refractivity contribution in [3.05, 3.63) is 58.2 Å². The van der Waals surface area contributed by atoms with Crippen molar-refractivity contribution in [3.63, 3.8) is 0 Å². The van der Waals surface area contributed by atoms with Crippen LogP contribution >= 0.6 is 23.1 Å². The first-order valence-corrected chi connectivity index (χ1v) is 11.1. The van der Waals surface area contributed by atoms with Gasteiger partial charge in [0.1, 0.15) is 4.83 Å². The van der Waals surface area contributed by atoms with E-state index in [1.54, 1.807) is 10.6 Å². The second-order valence-electron chi connectivity index (χ2n) is 6.66. The molecule has 6 nitrogen and oxygen atoms in total. The zero-order valence-corrected chi connectivity index (χ0v) is 18.4. The van der Waals surface area contributed by atoms with E-state index in [-0.39, 0.29) is 17.2 Å². The molecular weight excluding hydrogens is 404 g/mol. The Morgan fingerprint density at radius 2 is 2.07 bits per heavy atom. The van der Waals surface area contributed by atoms with Crippen molar-refractivity contribution in [2.45, 2.75) is 25.0 Å². The zero-order chi connectivity index (χ0) is 21.0. The number of aryl methyl sites for hydroxylation is 1. The second-order valence-corrected chi connectivity index (χ2v) is 8.72. The maximum absolute atomic E-state index is 12.9. The number of rotatable bonds is 8. The molecule has 152 valence electrons. The highest BCUT2D eigenvalue weighted by Gasteiger charge is 2.15. The number of anilines is 2. The lowest BCUT2D eigenvalue weighted by Crippen LogP contribution is -2.23. The van der Waals surface area contributed by atoms with E-state index < -0.39 is 0 Å². The third-order valence-electron chi connectivity index (χ3n) is 4.33. The molecule has 1 N–H and O–H groups in total. The van der Waals surface area contributed by atoms with E-state index in [1.807, 2.05) is 49.3 Å². The number of fused-ring (bicyclic) bond motifs is 1. The minimum absolute atomic E-state index is 0.0898. The largest absolute Gasteiger partial charge is 0.378 e. The van der Waals surface area contributed by atoms with Crippen LogP contribution in [0, 0.1) is 0 Å². The number of allylic oxidation sites excluding steroid dienone is 1. The Labute approximate surface area is 178 Å². The van der Waals surface area contributed by atoms with Crippen LogP contribution < -0.4 is 15.8 Å². The number of amides is 1. The third-order valence-corrected chi connectivity index (χ3v) is 6.48. The number of benzene rings is 1. The van der Waals surface area contributed by atoms with E-state index in [0.717, 1.165) is 22.7 Å². The highest BCUT2D eigenvalue weighted by Crippen LogP contribution is 2.25. The number of carbonyl (C=O) groups is 1. The topological polar surface area (TPSA) is 67.2 Å². The van der Waals surface area contributed by atoms with Gasteiger partial charge in [0.25, 0.3) is 5.56 Å². The fourth-order valence-electron chi connectivity index (χ4n) is 2.79. The van der Waals surface area contributed by atoms with Crippen molar-refractivity contribution in [2.24, 2.45) is 0 Å². The Morgan fingerprint density at radius 3 is 2.69 bits per heavy atom. The Kier molecular flexibility index (Phi) is 6.76. The number of nitrogens with zero attached hydrogens (tertiary/aromatic N) is 3. The normalized spacial score (nSPS) is 10.9. The van der Waals surface area contributed by atoms with Crippen molar-refractivity contribution in [1.29, 1.82) is 0 Å². The summed E-state index contributed by atoms with van der Waals surface area (Å²) in [5.74, 6) is 0.0174. The van der Waals surface area contributed by atoms with Gasteiger partial charge in [-0.2, -0.15) is 0 Å². The molecule has 3 rings (SSSR count). The number of nitrogens with one attached hydrogen (secondary N) is 1. The fraction of sp³-hybridized carbons (Fsp3) is 0.286. The molecule has 0 fully saturated rings. The van der Waals surface area contributed by atoms with Crippen LogP contribution in [-0.4, -0.2) is 35.3 Å². The molecule has 0 radical (unpaired) electrons. The first-order valence-electron chi connectivity index (χ1n) is 9.27. The van der Waals surface area contributed by atoms with E-state index in [2.05, 4.69) is 23.8 Å². The van der Waals surface area contributed by atoms with Crippen LogP contribution in [0.2, 0.25) is 0 Å². The fourth-order valence-corrected chi connectivity index (χ4v) is 4.61. The lowest BCUT2D eigenvalue weighted by atomic mass is 10.2. The summed E-state index contributed by atoms with van der Waals surface area (Å²) in [6.45, 7) is 6.14. The van der Waals surface area contributed by atoms with Gasteiger partial charge in [-0.3, -0.25) is 14.2 Å². The summed E-state index contributed by atoms with van der Waals surface area (Å²) >= 11 is 2.78. The van der Waals surface area contributed by atoms with Crippen molar-refractivity contribution < 1.29 is 4.79 Å². The summed E-state index contributed by atoms with van der Waals surface area (Å²) < 4.78 is 1.57. The molecule has 0 spiro atoms. The highest BCUT2D eigenvalue weighted by atomic mass is 32.2. The van der Waals surface area contributed by atoms with Crippen LogP contribution in [0.15, 0.2) is 52.9 Å². The first-order chi connectivity index (χ1) is 13.9. The van der Waals surface area contributed by atoms with Gasteiger partial charge < -0.3 is 10.2 Å². The van der Waals surface area contributed by atoms with Gasteiger partial charge >= 0.3 is 0 Å². The van der Waals surface area contributed by atoms with Crippen LogP contribution in [-0.2, 0) is 17.8 Å². The maximum Gasteiger partial charge on any atom is 0.263 e. The summed E-state index contributed by atoms with van der Waals surface area (Å²) in [6, 6.07) is 9.54. The zero-order valence-electron chi connectivity index (χ0n) is 16.8. The average Bonchev–Trinajstić information content (AvgIpc) is 3.13. The minimum atomic E-state index is -0.146. The van der Waals surface area contributed by atoms with Gasteiger partial charge in [-0.25, -0.2) is 4.98 Å². The molecule has 1 aromatic carbocycles. The minimum Gasteiger partial charge on any atom is -0.378 e. The van der Waals surface area contributed by atoms with Gasteiger partial charge in [-0.1, -0.05) is 24.8 Å². The summed E-state index contributed by atoms with van der Waals surface area (Å²) in [5, 5.41) is 4.04. The number of thioether (sulfide) groups is 1. The van der Waals surface area contributed by atoms with E-state index >= 15 is 0 Å². The van der Waals surface area contributed by atoms with Crippen LogP contribution in [0.25, 0.3) is 10.2 Å². The van der Waals surface area contributed by atoms with E-state index in [9.17, 15) is 9.59 Å². The molecule has 0 atom stereocenters. The van der Waals surface area contributed by atoms with Crippen LogP contribution in [0.5, 0.6) is 0 Å². The van der Waals surface area contributed by atoms with E-state index in [0.29, 0.717) is 21.9 Å². The van der Waals surface area contributed by atoms with Crippen LogP contribution in [0.1, 0.15) is 11.8 Å². The van der Waals surface area contributed by atoms with Crippen LogP contribution in [0.4, 0.5) is 11.4 Å². The lowest BCUT2D eigenvalue weighted by Gasteiger charge is -2.13. The Hall–Kier alpha value is -2.58. The van der Waals surface area contributed by atoms with Crippen molar-refractivity contribution in [3.8, 4) is 0 Å². The van der Waals surface area contributed by atoms with Gasteiger partial charge in [-0.15, -0.1) is 17.9 Å². The molecule has 3 aromatic rings. The predicted molar refractivity (Wildman–Crippen MR) is 124 cm³/mol. The first kappa shape index (κ1) is 21.1. The van der Waals surface area contributed by atoms with E-state index in [1.165, 1.54) is 23.1 Å². The monoisotopic (exact) mass is 428 g/mol. The molecule has 2 heterocycles. The number of hydrogen-bond acceptors (Lipinski definition) is 6. The van der Waals surface area contributed by atoms with Crippen molar-refractivity contribution in [1.82, 2.24) is 9.55 Å². The van der Waals surface area contributed by atoms with Gasteiger partial charge in [-0.05, 0) is 36.8 Å². The Bertz CT molecular complexity index is 1080. The molecule has 0 bridgehead atoms. The van der Waals surface area contributed by atoms with Gasteiger partial charge in [0.05, 0.1) is 11.1 Å². The molecule has 29 heavy (non-hydrogen) atoms. The highest BCUT2D eigenvalue weighted by molar-refractivity contribution is 7.99. The number of hydrogen-bond donors (Lipinski definition) is 1. The lowest BCUT2D eigenvalue weighted by molar-refractivity contribution is -0.113. The average molecular weight is 429 g/mol. The van der Waals surface area contributed by atoms with Crippen LogP contribution in [0.3, 0.4) is 0 Å². The molecule has 0 aliphatic heterocycles. The smallest absolute Gasteiger partial charge is 0.263 e. The molecule has 2 aromatic heterocycles. The summed E-state index contributed by atoms with van der Waals surface area (Å²) in [4.78, 5) is 33.7. The molecule has 0 saturated carbocycles. The van der Waals surface area contributed by atoms with Gasteiger partial charge in [0.2, 0.25) is 5.91 Å². The standard InChI is InChI=1S/C21H24N4O2S2/c1-5-11-25-20(27)17-12-16(6-2)29-19(17)23-21(25)28-13-18(26)22-14-7-9-15(10-8-14)24(3)4/h5,7-10,12H,1,6,11,13H2,2-4H3,(H,22,26). The van der Waals surface area contributed by atoms with Crippen molar-refractivity contribution >= 4 is 50.6 Å². The molecule has 8 heteroatoms. The summed E-state index contributed by atoms with van der Waals surface area (Å²) in [6.07, 6.45) is 2.53. The molecule has 0 aliphatic carbocycles. The van der Waals surface area contributed by atoms with E-state index in [4.69, 9.17) is 0 Å². The van der Waals surface area contributed by atoms with Gasteiger partial charge in [0, 0.05) is 36.9 Å². The molecule has 0 unspecified atom stereocenters. The predicted octanol–water partition coefficient (Wildman–Crippen LogP) is 4.00. The molecular formula is C21H24N4O2S2. The summed E-state index contributed by atoms with van der Waals surface area (Å²) in [7, 11) is 3.93. The molecule has 0 aliphatic rings. The van der Waals surface area contributed by atoms with Gasteiger partial charge in [0.15, 0.2) is 5.16 Å².